The standard InChI is InChI=1S/C13H16N4O5/c1-8-11(16(19)20)5-9(6-12(8)17(21)22)13(18)15(2)10-3-4-14-7-10/h5-6,10,14H,3-4,7H2,1-2H3. The molecule has 22 heavy (non-hydrogen) atoms. The van der Waals surface area contributed by atoms with Gasteiger partial charge in [-0.2, -0.15) is 0 Å². The summed E-state index contributed by atoms with van der Waals surface area (Å²) in [6, 6.07) is 2.18. The largest absolute Gasteiger partial charge is 0.337 e. The molecule has 0 aromatic heterocycles. The fourth-order valence-corrected chi connectivity index (χ4v) is 2.53. The van der Waals surface area contributed by atoms with E-state index in [2.05, 4.69) is 5.32 Å². The van der Waals surface area contributed by atoms with Gasteiger partial charge in [0, 0.05) is 31.8 Å². The van der Waals surface area contributed by atoms with Crippen LogP contribution in [0.5, 0.6) is 0 Å². The lowest BCUT2D eigenvalue weighted by Crippen LogP contribution is -2.38. The number of hydrogen-bond acceptors (Lipinski definition) is 6. The van der Waals surface area contributed by atoms with Crippen LogP contribution >= 0.6 is 0 Å². The van der Waals surface area contributed by atoms with E-state index in [9.17, 15) is 25.0 Å². The van der Waals surface area contributed by atoms with Crippen molar-refractivity contribution < 1.29 is 14.6 Å². The Morgan fingerprint density at radius 1 is 1.27 bits per heavy atom. The van der Waals surface area contributed by atoms with E-state index < -0.39 is 27.1 Å². The zero-order chi connectivity index (χ0) is 16.4. The number of nitrogens with zero attached hydrogens (tertiary/aromatic N) is 3. The summed E-state index contributed by atoms with van der Waals surface area (Å²) in [6.45, 7) is 2.73. The molecule has 1 aliphatic heterocycles. The summed E-state index contributed by atoms with van der Waals surface area (Å²) >= 11 is 0. The molecule has 1 atom stereocenters. The quantitative estimate of drug-likeness (QED) is 0.660. The van der Waals surface area contributed by atoms with Crippen molar-refractivity contribution in [3.63, 3.8) is 0 Å². The van der Waals surface area contributed by atoms with Crippen LogP contribution in [-0.2, 0) is 0 Å². The van der Waals surface area contributed by atoms with Crippen LogP contribution in [-0.4, -0.2) is 46.8 Å². The van der Waals surface area contributed by atoms with Crippen LogP contribution in [0.4, 0.5) is 11.4 Å². The van der Waals surface area contributed by atoms with Gasteiger partial charge in [0.05, 0.1) is 15.4 Å². The molecule has 1 aliphatic rings. The smallest absolute Gasteiger partial charge is 0.279 e. The third-order valence-electron chi connectivity index (χ3n) is 3.90. The number of amides is 1. The van der Waals surface area contributed by atoms with Gasteiger partial charge in [-0.3, -0.25) is 25.0 Å². The molecule has 1 aromatic carbocycles. The minimum absolute atomic E-state index is 0.0214. The lowest BCUT2D eigenvalue weighted by Gasteiger charge is -2.23. The molecule has 118 valence electrons. The van der Waals surface area contributed by atoms with E-state index in [0.29, 0.717) is 6.54 Å². The van der Waals surface area contributed by atoms with Gasteiger partial charge in [-0.25, -0.2) is 0 Å². The topological polar surface area (TPSA) is 119 Å². The van der Waals surface area contributed by atoms with Crippen molar-refractivity contribution in [3.8, 4) is 0 Å². The first-order valence-corrected chi connectivity index (χ1v) is 6.74. The molecule has 9 nitrogen and oxygen atoms in total. The van der Waals surface area contributed by atoms with Crippen LogP contribution < -0.4 is 5.32 Å². The Kier molecular flexibility index (Phi) is 4.36. The van der Waals surface area contributed by atoms with Crippen molar-refractivity contribution >= 4 is 17.3 Å². The second kappa shape index (κ2) is 6.06. The third-order valence-corrected chi connectivity index (χ3v) is 3.90. The maximum atomic E-state index is 12.4. The van der Waals surface area contributed by atoms with Gasteiger partial charge in [-0.15, -0.1) is 0 Å². The van der Waals surface area contributed by atoms with E-state index in [0.717, 1.165) is 25.1 Å². The van der Waals surface area contributed by atoms with Crippen molar-refractivity contribution in [2.75, 3.05) is 20.1 Å². The van der Waals surface area contributed by atoms with E-state index in [-0.39, 0.29) is 17.2 Å². The van der Waals surface area contributed by atoms with Crippen molar-refractivity contribution in [2.24, 2.45) is 0 Å². The van der Waals surface area contributed by atoms with E-state index in [4.69, 9.17) is 0 Å². The summed E-state index contributed by atoms with van der Waals surface area (Å²) in [5, 5.41) is 25.2. The summed E-state index contributed by atoms with van der Waals surface area (Å²) < 4.78 is 0. The van der Waals surface area contributed by atoms with Crippen LogP contribution in [0.25, 0.3) is 0 Å². The van der Waals surface area contributed by atoms with E-state index in [1.807, 2.05) is 0 Å². The van der Waals surface area contributed by atoms with Crippen molar-refractivity contribution in [2.45, 2.75) is 19.4 Å². The summed E-state index contributed by atoms with van der Waals surface area (Å²) in [5.41, 5.74) is -0.943. The number of hydrogen-bond donors (Lipinski definition) is 1. The molecule has 1 fully saturated rings. The molecule has 0 bridgehead atoms. The predicted octanol–water partition coefficient (Wildman–Crippen LogP) is 1.25. The van der Waals surface area contributed by atoms with Gasteiger partial charge in [0.15, 0.2) is 0 Å². The van der Waals surface area contributed by atoms with Gasteiger partial charge in [-0.05, 0) is 19.9 Å². The van der Waals surface area contributed by atoms with E-state index >= 15 is 0 Å². The molecular formula is C13H16N4O5. The van der Waals surface area contributed by atoms with Crippen LogP contribution in [0.2, 0.25) is 0 Å². The number of benzene rings is 1. The monoisotopic (exact) mass is 308 g/mol. The summed E-state index contributed by atoms with van der Waals surface area (Å²) in [7, 11) is 1.59. The molecular weight excluding hydrogens is 292 g/mol. The Labute approximate surface area is 126 Å². The molecule has 0 saturated carbocycles. The Morgan fingerprint density at radius 3 is 2.23 bits per heavy atom. The second-order valence-corrected chi connectivity index (χ2v) is 5.22. The van der Waals surface area contributed by atoms with Crippen LogP contribution in [0.15, 0.2) is 12.1 Å². The first-order valence-electron chi connectivity index (χ1n) is 6.74. The third kappa shape index (κ3) is 2.89. The molecule has 1 saturated heterocycles. The number of carbonyl (C=O) groups is 1. The van der Waals surface area contributed by atoms with Gasteiger partial charge >= 0.3 is 0 Å². The van der Waals surface area contributed by atoms with Gasteiger partial charge < -0.3 is 10.2 Å². The molecule has 1 N–H and O–H groups in total. The fourth-order valence-electron chi connectivity index (χ4n) is 2.53. The average molecular weight is 308 g/mol. The Hall–Kier alpha value is -2.55. The van der Waals surface area contributed by atoms with Crippen LogP contribution in [0.1, 0.15) is 22.3 Å². The number of nitrogens with one attached hydrogen (secondary N) is 1. The summed E-state index contributed by atoms with van der Waals surface area (Å²) in [6.07, 6.45) is 0.776. The molecule has 2 rings (SSSR count). The minimum atomic E-state index is -0.712. The Balaban J connectivity index is 2.43. The lowest BCUT2D eigenvalue weighted by atomic mass is 10.1. The predicted molar refractivity (Wildman–Crippen MR) is 77.9 cm³/mol. The molecule has 0 radical (unpaired) electrons. The molecule has 9 heteroatoms. The summed E-state index contributed by atoms with van der Waals surface area (Å²) in [5.74, 6) is -0.458. The van der Waals surface area contributed by atoms with Gasteiger partial charge in [-0.1, -0.05) is 0 Å². The molecule has 0 spiro atoms. The highest BCUT2D eigenvalue weighted by Crippen LogP contribution is 2.30. The van der Waals surface area contributed by atoms with Gasteiger partial charge in [0.2, 0.25) is 0 Å². The number of nitro benzene ring substituents is 2. The number of likely N-dealkylation sites (N-methyl/N-ethyl adjacent to an activating group) is 1. The van der Waals surface area contributed by atoms with Crippen LogP contribution in [0, 0.1) is 27.2 Å². The van der Waals surface area contributed by atoms with Crippen LogP contribution in [0.3, 0.4) is 0 Å². The Bertz CT molecular complexity index is 604. The van der Waals surface area contributed by atoms with Crippen molar-refractivity contribution in [3.05, 3.63) is 43.5 Å². The SMILES string of the molecule is Cc1c([N+](=O)[O-])cc(C(=O)N(C)C2CCNC2)cc1[N+](=O)[O-]. The zero-order valence-electron chi connectivity index (χ0n) is 12.2. The molecule has 1 amide bonds. The van der Waals surface area contributed by atoms with Gasteiger partial charge in [0.25, 0.3) is 17.3 Å². The van der Waals surface area contributed by atoms with E-state index in [1.165, 1.54) is 11.8 Å². The highest BCUT2D eigenvalue weighted by atomic mass is 16.6. The maximum Gasteiger partial charge on any atom is 0.279 e. The summed E-state index contributed by atoms with van der Waals surface area (Å²) in [4.78, 5) is 34.6. The zero-order valence-corrected chi connectivity index (χ0v) is 12.2. The average Bonchev–Trinajstić information content (AvgIpc) is 2.99. The Morgan fingerprint density at radius 2 is 1.82 bits per heavy atom. The molecule has 1 unspecified atom stereocenters. The molecule has 0 aliphatic carbocycles. The lowest BCUT2D eigenvalue weighted by molar-refractivity contribution is -0.395. The first kappa shape index (κ1) is 15.8. The maximum absolute atomic E-state index is 12.4. The van der Waals surface area contributed by atoms with Crippen molar-refractivity contribution in [1.29, 1.82) is 0 Å². The minimum Gasteiger partial charge on any atom is -0.337 e. The van der Waals surface area contributed by atoms with Crippen molar-refractivity contribution in [1.82, 2.24) is 10.2 Å². The number of nitro groups is 2. The first-order chi connectivity index (χ1) is 10.3. The molecule has 1 heterocycles. The highest BCUT2D eigenvalue weighted by Gasteiger charge is 2.29. The fraction of sp³-hybridized carbons (Fsp3) is 0.462. The second-order valence-electron chi connectivity index (χ2n) is 5.22. The van der Waals surface area contributed by atoms with Gasteiger partial charge in [0.1, 0.15) is 5.56 Å². The number of carbonyl (C=O) groups excluding carboxylic acids is 1. The number of rotatable bonds is 4. The van der Waals surface area contributed by atoms with E-state index in [1.54, 1.807) is 7.05 Å². The normalized spacial score (nSPS) is 17.3. The molecule has 1 aromatic rings. The highest BCUT2D eigenvalue weighted by molar-refractivity contribution is 5.96.